The fourth-order valence-electron chi connectivity index (χ4n) is 1.61. The van der Waals surface area contributed by atoms with E-state index in [-0.39, 0.29) is 5.69 Å². The van der Waals surface area contributed by atoms with Crippen molar-refractivity contribution in [2.24, 2.45) is 0 Å². The molecule has 2 N–H and O–H groups in total. The second kappa shape index (κ2) is 5.89. The smallest absolute Gasteiger partial charge is 0.305 e. The lowest BCUT2D eigenvalue weighted by molar-refractivity contribution is -0.385. The fraction of sp³-hybridized carbons (Fsp3) is 0.364. The number of nitro groups is 1. The molecule has 0 radical (unpaired) electrons. The van der Waals surface area contributed by atoms with Gasteiger partial charge in [-0.25, -0.2) is 9.97 Å². The molecule has 0 aliphatic rings. The number of hydrogen-bond acceptors (Lipinski definition) is 6. The van der Waals surface area contributed by atoms with Crippen molar-refractivity contribution < 1.29 is 4.92 Å². The van der Waals surface area contributed by atoms with E-state index in [0.717, 1.165) is 18.5 Å². The lowest BCUT2D eigenvalue weighted by Gasteiger charge is -2.03. The van der Waals surface area contributed by atoms with Crippen molar-refractivity contribution in [1.29, 1.82) is 0 Å². The van der Waals surface area contributed by atoms with Gasteiger partial charge in [0.25, 0.3) is 0 Å². The molecule has 0 aliphatic carbocycles. The van der Waals surface area contributed by atoms with Gasteiger partial charge >= 0.3 is 5.69 Å². The molecule has 8 heteroatoms. The molecule has 0 saturated carbocycles. The molecule has 0 spiro atoms. The lowest BCUT2D eigenvalue weighted by Crippen LogP contribution is -2.06. The third-order valence-electron chi connectivity index (χ3n) is 2.69. The van der Waals surface area contributed by atoms with E-state index in [1.54, 1.807) is 0 Å². The monoisotopic (exact) mass is 262 g/mol. The summed E-state index contributed by atoms with van der Waals surface area (Å²) >= 11 is 0. The first-order valence-electron chi connectivity index (χ1n) is 5.86. The van der Waals surface area contributed by atoms with Crippen molar-refractivity contribution in [1.82, 2.24) is 20.2 Å². The molecule has 19 heavy (non-hydrogen) atoms. The summed E-state index contributed by atoms with van der Waals surface area (Å²) in [7, 11) is 0. The van der Waals surface area contributed by atoms with E-state index in [4.69, 9.17) is 0 Å². The summed E-state index contributed by atoms with van der Waals surface area (Å²) < 4.78 is 0. The summed E-state index contributed by atoms with van der Waals surface area (Å²) in [4.78, 5) is 17.6. The Morgan fingerprint density at radius 1 is 1.37 bits per heavy atom. The predicted molar refractivity (Wildman–Crippen MR) is 68.8 cm³/mol. The highest BCUT2D eigenvalue weighted by atomic mass is 16.6. The molecule has 2 aromatic rings. The first-order valence-corrected chi connectivity index (χ1v) is 5.86. The van der Waals surface area contributed by atoms with Gasteiger partial charge in [-0.05, 0) is 25.3 Å². The molecule has 0 aliphatic heterocycles. The van der Waals surface area contributed by atoms with E-state index >= 15 is 0 Å². The Bertz CT molecular complexity index is 551. The van der Waals surface area contributed by atoms with Crippen molar-refractivity contribution in [2.75, 3.05) is 11.9 Å². The standard InChI is InChI=1S/C11H14N6O2/c1-8-9(5-15-16-8)3-2-4-12-11-13-6-10(7-14-11)17(18)19/h5-7H,2-4H2,1H3,(H,15,16)(H,12,13,14). The summed E-state index contributed by atoms with van der Waals surface area (Å²) in [6.45, 7) is 2.68. The number of nitrogens with zero attached hydrogens (tertiary/aromatic N) is 4. The Morgan fingerprint density at radius 3 is 2.68 bits per heavy atom. The maximum atomic E-state index is 10.4. The Labute approximate surface area is 109 Å². The lowest BCUT2D eigenvalue weighted by atomic mass is 10.1. The molecule has 0 unspecified atom stereocenters. The maximum Gasteiger partial charge on any atom is 0.305 e. The van der Waals surface area contributed by atoms with Crippen LogP contribution in [0.4, 0.5) is 11.6 Å². The summed E-state index contributed by atoms with van der Waals surface area (Å²) in [6, 6.07) is 0. The number of H-pyrrole nitrogens is 1. The maximum absolute atomic E-state index is 10.4. The minimum Gasteiger partial charge on any atom is -0.354 e. The van der Waals surface area contributed by atoms with Crippen molar-refractivity contribution in [3.63, 3.8) is 0 Å². The van der Waals surface area contributed by atoms with Crippen molar-refractivity contribution >= 4 is 11.6 Å². The average molecular weight is 262 g/mol. The van der Waals surface area contributed by atoms with Gasteiger partial charge in [0.1, 0.15) is 12.4 Å². The quantitative estimate of drug-likeness (QED) is 0.463. The van der Waals surface area contributed by atoms with Crippen LogP contribution in [-0.4, -0.2) is 31.6 Å². The van der Waals surface area contributed by atoms with Crippen molar-refractivity contribution in [3.05, 3.63) is 40.0 Å². The average Bonchev–Trinajstić information content (AvgIpc) is 2.81. The van der Waals surface area contributed by atoms with Crippen LogP contribution in [0.1, 0.15) is 17.7 Å². The van der Waals surface area contributed by atoms with Crippen LogP contribution in [0.25, 0.3) is 0 Å². The summed E-state index contributed by atoms with van der Waals surface area (Å²) in [5.74, 6) is 0.398. The summed E-state index contributed by atoms with van der Waals surface area (Å²) in [5.41, 5.74) is 2.15. The van der Waals surface area contributed by atoms with Crippen LogP contribution in [0.5, 0.6) is 0 Å². The fourth-order valence-corrected chi connectivity index (χ4v) is 1.61. The first-order chi connectivity index (χ1) is 9.16. The minimum absolute atomic E-state index is 0.112. The van der Waals surface area contributed by atoms with E-state index in [0.29, 0.717) is 12.5 Å². The highest BCUT2D eigenvalue weighted by Crippen LogP contribution is 2.09. The Kier molecular flexibility index (Phi) is 4.01. The number of aromatic nitrogens is 4. The third kappa shape index (κ3) is 3.47. The highest BCUT2D eigenvalue weighted by Gasteiger charge is 2.06. The van der Waals surface area contributed by atoms with Gasteiger partial charge in [-0.15, -0.1) is 0 Å². The SMILES string of the molecule is Cc1[nH]ncc1CCCNc1ncc([N+](=O)[O-])cn1. The zero-order chi connectivity index (χ0) is 13.7. The summed E-state index contributed by atoms with van der Waals surface area (Å²) in [6.07, 6.45) is 6.01. The largest absolute Gasteiger partial charge is 0.354 e. The van der Waals surface area contributed by atoms with Gasteiger partial charge in [0.2, 0.25) is 5.95 Å². The van der Waals surface area contributed by atoms with E-state index in [2.05, 4.69) is 25.5 Å². The van der Waals surface area contributed by atoms with Crippen molar-refractivity contribution in [3.8, 4) is 0 Å². The van der Waals surface area contributed by atoms with E-state index < -0.39 is 4.92 Å². The van der Waals surface area contributed by atoms with Gasteiger partial charge in [-0.3, -0.25) is 15.2 Å². The van der Waals surface area contributed by atoms with Crippen molar-refractivity contribution in [2.45, 2.75) is 19.8 Å². The van der Waals surface area contributed by atoms with E-state index in [9.17, 15) is 10.1 Å². The van der Waals surface area contributed by atoms with Gasteiger partial charge in [-0.2, -0.15) is 5.10 Å². The summed E-state index contributed by atoms with van der Waals surface area (Å²) in [5, 5.41) is 20.3. The van der Waals surface area contributed by atoms with Crippen LogP contribution < -0.4 is 5.32 Å². The number of anilines is 1. The topological polar surface area (TPSA) is 110 Å². The number of aryl methyl sites for hydroxylation is 2. The molecule has 0 atom stereocenters. The molecule has 8 nitrogen and oxygen atoms in total. The highest BCUT2D eigenvalue weighted by molar-refractivity contribution is 5.30. The molecule has 0 amide bonds. The Hall–Kier alpha value is -2.51. The molecule has 0 aromatic carbocycles. The van der Waals surface area contributed by atoms with Crippen LogP contribution >= 0.6 is 0 Å². The van der Waals surface area contributed by atoms with Crippen LogP contribution in [0, 0.1) is 17.0 Å². The second-order valence-electron chi connectivity index (χ2n) is 4.07. The molecule has 100 valence electrons. The van der Waals surface area contributed by atoms with E-state index in [1.807, 2.05) is 13.1 Å². The molecule has 2 rings (SSSR count). The van der Waals surface area contributed by atoms with Crippen LogP contribution in [-0.2, 0) is 6.42 Å². The first kappa shape index (κ1) is 12.9. The zero-order valence-corrected chi connectivity index (χ0v) is 10.5. The third-order valence-corrected chi connectivity index (χ3v) is 2.69. The van der Waals surface area contributed by atoms with Gasteiger partial charge < -0.3 is 5.32 Å². The number of aromatic amines is 1. The van der Waals surface area contributed by atoms with Crippen LogP contribution in [0.2, 0.25) is 0 Å². The zero-order valence-electron chi connectivity index (χ0n) is 10.5. The van der Waals surface area contributed by atoms with Gasteiger partial charge in [0, 0.05) is 12.2 Å². The van der Waals surface area contributed by atoms with E-state index in [1.165, 1.54) is 18.0 Å². The molecular formula is C11H14N6O2. The van der Waals surface area contributed by atoms with Crippen LogP contribution in [0.3, 0.4) is 0 Å². The minimum atomic E-state index is -0.522. The van der Waals surface area contributed by atoms with Gasteiger partial charge in [-0.1, -0.05) is 0 Å². The van der Waals surface area contributed by atoms with Gasteiger partial charge in [0.15, 0.2) is 0 Å². The normalized spacial score (nSPS) is 10.4. The van der Waals surface area contributed by atoms with Crippen LogP contribution in [0.15, 0.2) is 18.6 Å². The molecule has 0 saturated heterocycles. The Morgan fingerprint density at radius 2 is 2.11 bits per heavy atom. The number of rotatable bonds is 6. The second-order valence-corrected chi connectivity index (χ2v) is 4.07. The molecule has 2 aromatic heterocycles. The molecule has 0 bridgehead atoms. The number of hydrogen-bond donors (Lipinski definition) is 2. The number of nitrogens with one attached hydrogen (secondary N) is 2. The van der Waals surface area contributed by atoms with Gasteiger partial charge in [0.05, 0.1) is 11.1 Å². The molecule has 2 heterocycles. The molecule has 0 fully saturated rings. The predicted octanol–water partition coefficient (Wildman–Crippen LogP) is 1.46. The molecular weight excluding hydrogens is 248 g/mol. The Balaban J connectivity index is 1.76.